The number of rotatable bonds is 8. The average Bonchev–Trinajstić information content (AvgIpc) is 2.98. The number of nitrogens with one attached hydrogen (secondary N) is 2. The van der Waals surface area contributed by atoms with E-state index in [0.29, 0.717) is 19.7 Å². The maximum Gasteiger partial charge on any atom is 0.315 e. The van der Waals surface area contributed by atoms with Gasteiger partial charge in [0.2, 0.25) is 0 Å². The van der Waals surface area contributed by atoms with E-state index in [1.165, 1.54) is 0 Å². The summed E-state index contributed by atoms with van der Waals surface area (Å²) in [6.45, 7) is 6.34. The van der Waals surface area contributed by atoms with Crippen LogP contribution in [-0.2, 0) is 24.4 Å². The Balaban J connectivity index is 1.79. The van der Waals surface area contributed by atoms with Crippen molar-refractivity contribution in [2.45, 2.75) is 40.0 Å². The van der Waals surface area contributed by atoms with Crippen molar-refractivity contribution < 1.29 is 9.53 Å². The summed E-state index contributed by atoms with van der Waals surface area (Å²) in [4.78, 5) is 17.1. The lowest BCUT2D eigenvalue weighted by Gasteiger charge is -2.11. The molecule has 0 spiro atoms. The van der Waals surface area contributed by atoms with Crippen LogP contribution in [0.5, 0.6) is 0 Å². The molecular weight excluding hydrogens is 310 g/mol. The van der Waals surface area contributed by atoms with E-state index in [2.05, 4.69) is 22.5 Å². The summed E-state index contributed by atoms with van der Waals surface area (Å²) in [5, 5.41) is 6.73. The molecule has 2 N–H and O–H groups in total. The molecule has 2 amide bonds. The summed E-state index contributed by atoms with van der Waals surface area (Å²) < 4.78 is 5.59. The van der Waals surface area contributed by atoms with E-state index in [-0.39, 0.29) is 6.03 Å². The Bertz CT molecular complexity index is 628. The van der Waals surface area contributed by atoms with Gasteiger partial charge in [0, 0.05) is 24.2 Å². The zero-order valence-electron chi connectivity index (χ0n) is 13.6. The van der Waals surface area contributed by atoms with Gasteiger partial charge >= 0.3 is 6.03 Å². The van der Waals surface area contributed by atoms with Crippen molar-refractivity contribution in [3.8, 4) is 0 Å². The van der Waals surface area contributed by atoms with Crippen molar-refractivity contribution in [3.05, 3.63) is 51.5 Å². The number of urea groups is 1. The number of hydrogen-bond acceptors (Lipinski definition) is 4. The smallest absolute Gasteiger partial charge is 0.315 e. The van der Waals surface area contributed by atoms with Crippen LogP contribution in [0.15, 0.2) is 30.5 Å². The molecule has 0 aliphatic carbocycles. The molecule has 0 unspecified atom stereocenters. The lowest BCUT2D eigenvalue weighted by Crippen LogP contribution is -2.34. The lowest BCUT2D eigenvalue weighted by molar-refractivity contribution is 0.121. The van der Waals surface area contributed by atoms with Crippen LogP contribution in [0.1, 0.15) is 34.4 Å². The van der Waals surface area contributed by atoms with Crippen LogP contribution in [0.4, 0.5) is 4.79 Å². The minimum absolute atomic E-state index is 0.180. The van der Waals surface area contributed by atoms with E-state index in [0.717, 1.165) is 34.0 Å². The monoisotopic (exact) mass is 333 g/mol. The molecule has 0 fully saturated rings. The predicted molar refractivity (Wildman–Crippen MR) is 92.3 cm³/mol. The van der Waals surface area contributed by atoms with Crippen molar-refractivity contribution in [3.63, 3.8) is 0 Å². The van der Waals surface area contributed by atoms with Gasteiger partial charge < -0.3 is 15.4 Å². The molecule has 1 aromatic heterocycles. The van der Waals surface area contributed by atoms with Gasteiger partial charge in [-0.15, -0.1) is 11.3 Å². The third-order valence-electron chi connectivity index (χ3n) is 3.26. The quantitative estimate of drug-likeness (QED) is 0.728. The molecule has 6 heteroatoms. The average molecular weight is 333 g/mol. The molecule has 2 rings (SSSR count). The van der Waals surface area contributed by atoms with Crippen molar-refractivity contribution in [1.29, 1.82) is 0 Å². The summed E-state index contributed by atoms with van der Waals surface area (Å²) in [5.41, 5.74) is 2.19. The number of thiazole rings is 1. The maximum atomic E-state index is 11.9. The Kier molecular flexibility index (Phi) is 7.03. The highest BCUT2D eigenvalue weighted by molar-refractivity contribution is 7.11. The number of carbonyl (C=O) groups excluding carboxylic acids is 1. The minimum atomic E-state index is -0.180. The zero-order chi connectivity index (χ0) is 16.5. The first-order chi connectivity index (χ1) is 11.2. The third kappa shape index (κ3) is 6.00. The first kappa shape index (κ1) is 17.4. The molecular formula is C17H23N3O2S. The van der Waals surface area contributed by atoms with E-state index < -0.39 is 0 Å². The SMILES string of the molecule is CCCOCc1ccccc1CNC(=O)NCc1cnc(C)s1. The fourth-order valence-corrected chi connectivity index (χ4v) is 2.82. The standard InChI is InChI=1S/C17H23N3O2S/c1-3-8-22-12-15-7-5-4-6-14(15)9-19-17(21)20-11-16-10-18-13(2)23-16/h4-7,10H,3,8-9,11-12H2,1-2H3,(H2,19,20,21). The van der Waals surface area contributed by atoms with Crippen LogP contribution in [0, 0.1) is 6.92 Å². The highest BCUT2D eigenvalue weighted by atomic mass is 32.1. The Morgan fingerprint density at radius 2 is 1.96 bits per heavy atom. The van der Waals surface area contributed by atoms with Crippen LogP contribution in [0.25, 0.3) is 0 Å². The molecule has 0 atom stereocenters. The normalized spacial score (nSPS) is 10.5. The largest absolute Gasteiger partial charge is 0.377 e. The van der Waals surface area contributed by atoms with Gasteiger partial charge in [-0.25, -0.2) is 9.78 Å². The van der Waals surface area contributed by atoms with E-state index in [1.807, 2.05) is 31.2 Å². The summed E-state index contributed by atoms with van der Waals surface area (Å²) in [6.07, 6.45) is 2.79. The number of aryl methyl sites for hydroxylation is 1. The second-order valence-corrected chi connectivity index (χ2v) is 6.52. The second kappa shape index (κ2) is 9.27. The molecule has 0 saturated carbocycles. The molecule has 5 nitrogen and oxygen atoms in total. The molecule has 124 valence electrons. The third-order valence-corrected chi connectivity index (χ3v) is 4.17. The van der Waals surface area contributed by atoms with Crippen molar-refractivity contribution in [1.82, 2.24) is 15.6 Å². The van der Waals surface area contributed by atoms with Gasteiger partial charge in [0.1, 0.15) is 0 Å². The fourth-order valence-electron chi connectivity index (χ4n) is 2.09. The summed E-state index contributed by atoms with van der Waals surface area (Å²) in [5.74, 6) is 0. The van der Waals surface area contributed by atoms with Crippen LogP contribution in [-0.4, -0.2) is 17.6 Å². The molecule has 0 aliphatic heterocycles. The van der Waals surface area contributed by atoms with E-state index >= 15 is 0 Å². The van der Waals surface area contributed by atoms with Gasteiger partial charge in [0.25, 0.3) is 0 Å². The molecule has 0 bridgehead atoms. The van der Waals surface area contributed by atoms with E-state index in [4.69, 9.17) is 4.74 Å². The van der Waals surface area contributed by atoms with E-state index in [9.17, 15) is 4.79 Å². The molecule has 0 aliphatic rings. The number of amides is 2. The number of aromatic nitrogens is 1. The van der Waals surface area contributed by atoms with Gasteiger partial charge in [-0.2, -0.15) is 0 Å². The molecule has 0 radical (unpaired) electrons. The van der Waals surface area contributed by atoms with Gasteiger partial charge in [-0.3, -0.25) is 0 Å². The van der Waals surface area contributed by atoms with Crippen LogP contribution < -0.4 is 10.6 Å². The molecule has 23 heavy (non-hydrogen) atoms. The first-order valence-corrected chi connectivity index (χ1v) is 8.58. The summed E-state index contributed by atoms with van der Waals surface area (Å²) in [7, 11) is 0. The Labute approximate surface area is 141 Å². The first-order valence-electron chi connectivity index (χ1n) is 7.76. The molecule has 1 aromatic carbocycles. The Morgan fingerprint density at radius 3 is 2.65 bits per heavy atom. The van der Waals surface area contributed by atoms with Gasteiger partial charge in [-0.1, -0.05) is 31.2 Å². The predicted octanol–water partition coefficient (Wildman–Crippen LogP) is 3.38. The number of carbonyl (C=O) groups is 1. The van der Waals surface area contributed by atoms with Crippen LogP contribution in [0.2, 0.25) is 0 Å². The van der Waals surface area contributed by atoms with Crippen molar-refractivity contribution >= 4 is 17.4 Å². The lowest BCUT2D eigenvalue weighted by atomic mass is 10.1. The highest BCUT2D eigenvalue weighted by Crippen LogP contribution is 2.11. The van der Waals surface area contributed by atoms with E-state index in [1.54, 1.807) is 17.5 Å². The van der Waals surface area contributed by atoms with Crippen molar-refractivity contribution in [2.24, 2.45) is 0 Å². The van der Waals surface area contributed by atoms with Crippen LogP contribution >= 0.6 is 11.3 Å². The fraction of sp³-hybridized carbons (Fsp3) is 0.412. The minimum Gasteiger partial charge on any atom is -0.377 e. The van der Waals surface area contributed by atoms with Crippen LogP contribution in [0.3, 0.4) is 0 Å². The van der Waals surface area contributed by atoms with Gasteiger partial charge in [0.15, 0.2) is 0 Å². The Morgan fingerprint density at radius 1 is 1.22 bits per heavy atom. The maximum absolute atomic E-state index is 11.9. The number of hydrogen-bond donors (Lipinski definition) is 2. The molecule has 2 aromatic rings. The number of ether oxygens (including phenoxy) is 1. The van der Waals surface area contributed by atoms with Gasteiger partial charge in [0.05, 0.1) is 18.2 Å². The zero-order valence-corrected chi connectivity index (χ0v) is 14.4. The molecule has 0 saturated heterocycles. The summed E-state index contributed by atoms with van der Waals surface area (Å²) in [6, 6.07) is 7.82. The number of nitrogens with zero attached hydrogens (tertiary/aromatic N) is 1. The topological polar surface area (TPSA) is 63.2 Å². The molecule has 1 heterocycles. The number of benzene rings is 1. The highest BCUT2D eigenvalue weighted by Gasteiger charge is 2.06. The van der Waals surface area contributed by atoms with Crippen molar-refractivity contribution in [2.75, 3.05) is 6.61 Å². The second-order valence-electron chi connectivity index (χ2n) is 5.20. The van der Waals surface area contributed by atoms with Gasteiger partial charge in [-0.05, 0) is 24.5 Å². The Hall–Kier alpha value is -1.92. The summed E-state index contributed by atoms with van der Waals surface area (Å²) >= 11 is 1.59.